The van der Waals surface area contributed by atoms with Crippen LogP contribution in [0, 0.1) is 0 Å². The molecule has 1 aliphatic carbocycles. The summed E-state index contributed by atoms with van der Waals surface area (Å²) in [4.78, 5) is 12.5. The fourth-order valence-electron chi connectivity index (χ4n) is 3.32. The van der Waals surface area contributed by atoms with E-state index in [2.05, 4.69) is 0 Å². The quantitative estimate of drug-likeness (QED) is 0.896. The Hall–Kier alpha value is -2.37. The highest BCUT2D eigenvalue weighted by atomic mass is 16.5. The molecule has 3 rings (SSSR count). The predicted molar refractivity (Wildman–Crippen MR) is 88.5 cm³/mol. The van der Waals surface area contributed by atoms with Gasteiger partial charge in [-0.15, -0.1) is 0 Å². The van der Waals surface area contributed by atoms with Crippen molar-refractivity contribution in [2.45, 2.75) is 24.0 Å². The molecule has 4 atom stereocenters. The molecule has 0 amide bonds. The Morgan fingerprint density at radius 3 is 1.71 bits per heavy atom. The van der Waals surface area contributed by atoms with Crippen molar-refractivity contribution in [3.05, 3.63) is 59.7 Å². The lowest BCUT2D eigenvalue weighted by atomic mass is 9.83. The summed E-state index contributed by atoms with van der Waals surface area (Å²) in [5, 5.41) is 20.5. The predicted octanol–water partition coefficient (Wildman–Crippen LogP) is 1.88. The van der Waals surface area contributed by atoms with Gasteiger partial charge in [0, 0.05) is 5.92 Å². The molecule has 0 bridgehead atoms. The summed E-state index contributed by atoms with van der Waals surface area (Å²) < 4.78 is 10.3. The number of rotatable bonds is 4. The van der Waals surface area contributed by atoms with Gasteiger partial charge in [-0.05, 0) is 35.4 Å². The summed E-state index contributed by atoms with van der Waals surface area (Å²) in [6.45, 7) is 0. The fraction of sp³-hybridized carbons (Fsp3) is 0.316. The molecule has 0 saturated heterocycles. The van der Waals surface area contributed by atoms with Gasteiger partial charge in [-0.2, -0.15) is 0 Å². The zero-order valence-electron chi connectivity index (χ0n) is 13.5. The van der Waals surface area contributed by atoms with E-state index < -0.39 is 24.0 Å². The SMILES string of the molecule is COc1ccc(C2C(=O)C(O)C(O)C2c2ccc(OC)cc2)cc1. The van der Waals surface area contributed by atoms with Crippen LogP contribution in [0.25, 0.3) is 0 Å². The summed E-state index contributed by atoms with van der Waals surface area (Å²) in [7, 11) is 3.15. The second kappa shape index (κ2) is 6.63. The van der Waals surface area contributed by atoms with Crippen molar-refractivity contribution in [3.63, 3.8) is 0 Å². The van der Waals surface area contributed by atoms with Crippen LogP contribution in [0.4, 0.5) is 0 Å². The van der Waals surface area contributed by atoms with E-state index in [-0.39, 0.29) is 5.78 Å². The maximum atomic E-state index is 12.5. The second-order valence-corrected chi connectivity index (χ2v) is 5.89. The summed E-state index contributed by atoms with van der Waals surface area (Å²) in [6.07, 6.45) is -2.53. The molecule has 0 aliphatic heterocycles. The van der Waals surface area contributed by atoms with Crippen LogP contribution in [-0.4, -0.2) is 42.4 Å². The number of ether oxygens (including phenoxy) is 2. The Morgan fingerprint density at radius 1 is 0.792 bits per heavy atom. The van der Waals surface area contributed by atoms with Crippen LogP contribution < -0.4 is 9.47 Å². The molecule has 24 heavy (non-hydrogen) atoms. The zero-order valence-corrected chi connectivity index (χ0v) is 13.5. The van der Waals surface area contributed by atoms with Crippen molar-refractivity contribution >= 4 is 5.78 Å². The molecule has 1 aliphatic rings. The van der Waals surface area contributed by atoms with E-state index in [9.17, 15) is 15.0 Å². The van der Waals surface area contributed by atoms with Gasteiger partial charge in [-0.25, -0.2) is 0 Å². The van der Waals surface area contributed by atoms with Crippen molar-refractivity contribution in [2.75, 3.05) is 14.2 Å². The monoisotopic (exact) mass is 328 g/mol. The van der Waals surface area contributed by atoms with Gasteiger partial charge in [-0.3, -0.25) is 4.79 Å². The molecule has 2 aromatic rings. The summed E-state index contributed by atoms with van der Waals surface area (Å²) in [5.74, 6) is -0.0972. The maximum Gasteiger partial charge on any atom is 0.172 e. The van der Waals surface area contributed by atoms with Gasteiger partial charge in [0.1, 0.15) is 17.6 Å². The third kappa shape index (κ3) is 2.77. The number of ketones is 1. The van der Waals surface area contributed by atoms with Crippen LogP contribution in [0.1, 0.15) is 23.0 Å². The average molecular weight is 328 g/mol. The van der Waals surface area contributed by atoms with Gasteiger partial charge in [-0.1, -0.05) is 24.3 Å². The Bertz CT molecular complexity index is 708. The number of aliphatic hydroxyl groups is 2. The first-order chi connectivity index (χ1) is 11.6. The molecular weight excluding hydrogens is 308 g/mol. The number of hydrogen-bond donors (Lipinski definition) is 2. The summed E-state index contributed by atoms with van der Waals surface area (Å²) in [5.41, 5.74) is 1.53. The number of aliphatic hydroxyl groups excluding tert-OH is 2. The van der Waals surface area contributed by atoms with Crippen molar-refractivity contribution in [3.8, 4) is 11.5 Å². The molecule has 1 saturated carbocycles. The smallest absolute Gasteiger partial charge is 0.172 e. The van der Waals surface area contributed by atoms with Crippen molar-refractivity contribution in [2.24, 2.45) is 0 Å². The fourth-order valence-corrected chi connectivity index (χ4v) is 3.32. The van der Waals surface area contributed by atoms with E-state index in [0.717, 1.165) is 11.1 Å². The number of methoxy groups -OCH3 is 2. The highest BCUT2D eigenvalue weighted by molar-refractivity contribution is 5.94. The van der Waals surface area contributed by atoms with Gasteiger partial charge in [0.2, 0.25) is 0 Å². The molecule has 0 heterocycles. The maximum absolute atomic E-state index is 12.5. The van der Waals surface area contributed by atoms with Crippen LogP contribution >= 0.6 is 0 Å². The number of Topliss-reactive ketones (excluding diaryl/α,β-unsaturated/α-hetero) is 1. The molecule has 5 heteroatoms. The highest BCUT2D eigenvalue weighted by Gasteiger charge is 2.49. The lowest BCUT2D eigenvalue weighted by Gasteiger charge is -2.22. The molecule has 0 radical (unpaired) electrons. The van der Waals surface area contributed by atoms with Crippen LogP contribution in [0.3, 0.4) is 0 Å². The number of hydrogen-bond acceptors (Lipinski definition) is 5. The minimum absolute atomic E-state index is 0.367. The van der Waals surface area contributed by atoms with Crippen molar-refractivity contribution in [1.82, 2.24) is 0 Å². The molecule has 5 nitrogen and oxygen atoms in total. The highest BCUT2D eigenvalue weighted by Crippen LogP contribution is 2.44. The normalized spacial score (nSPS) is 26.4. The van der Waals surface area contributed by atoms with Crippen LogP contribution in [-0.2, 0) is 4.79 Å². The Morgan fingerprint density at radius 2 is 1.25 bits per heavy atom. The molecule has 1 fully saturated rings. The van der Waals surface area contributed by atoms with Gasteiger partial charge in [0.05, 0.1) is 26.2 Å². The van der Waals surface area contributed by atoms with Crippen molar-refractivity contribution in [1.29, 1.82) is 0 Å². The van der Waals surface area contributed by atoms with Crippen LogP contribution in [0.5, 0.6) is 11.5 Å². The third-order valence-electron chi connectivity index (χ3n) is 4.62. The largest absolute Gasteiger partial charge is 0.497 e. The summed E-state index contributed by atoms with van der Waals surface area (Å²) in [6, 6.07) is 14.3. The molecule has 0 aromatic heterocycles. The molecule has 2 aromatic carbocycles. The minimum atomic E-state index is -1.38. The lowest BCUT2D eigenvalue weighted by Crippen LogP contribution is -2.27. The van der Waals surface area contributed by atoms with E-state index in [1.54, 1.807) is 50.6 Å². The van der Waals surface area contributed by atoms with E-state index in [0.29, 0.717) is 11.5 Å². The molecule has 0 spiro atoms. The van der Waals surface area contributed by atoms with E-state index in [1.165, 1.54) is 0 Å². The number of carbonyl (C=O) groups is 1. The number of carbonyl (C=O) groups excluding carboxylic acids is 1. The topological polar surface area (TPSA) is 76.0 Å². The van der Waals surface area contributed by atoms with E-state index in [1.807, 2.05) is 12.1 Å². The van der Waals surface area contributed by atoms with Crippen LogP contribution in [0.2, 0.25) is 0 Å². The standard InChI is InChI=1S/C19H20O5/c1-23-13-7-3-11(4-8-13)15-16(18(21)19(22)17(15)20)12-5-9-14(24-2)10-6-12/h3-10,15-17,19-20,22H,1-2H3. The third-order valence-corrected chi connectivity index (χ3v) is 4.62. The van der Waals surface area contributed by atoms with Gasteiger partial charge >= 0.3 is 0 Å². The van der Waals surface area contributed by atoms with E-state index in [4.69, 9.17) is 9.47 Å². The first kappa shape index (κ1) is 16.5. The second-order valence-electron chi connectivity index (χ2n) is 5.89. The Kier molecular flexibility index (Phi) is 4.55. The Labute approximate surface area is 140 Å². The number of benzene rings is 2. The molecular formula is C19H20O5. The zero-order chi connectivity index (χ0) is 17.3. The van der Waals surface area contributed by atoms with Gasteiger partial charge in [0.15, 0.2) is 5.78 Å². The summed E-state index contributed by atoms with van der Waals surface area (Å²) >= 11 is 0. The van der Waals surface area contributed by atoms with Gasteiger partial charge in [0.25, 0.3) is 0 Å². The van der Waals surface area contributed by atoms with Crippen LogP contribution in [0.15, 0.2) is 48.5 Å². The average Bonchev–Trinajstić information content (AvgIpc) is 2.86. The first-order valence-corrected chi connectivity index (χ1v) is 7.74. The first-order valence-electron chi connectivity index (χ1n) is 7.74. The lowest BCUT2D eigenvalue weighted by molar-refractivity contribution is -0.127. The Balaban J connectivity index is 2.00. The van der Waals surface area contributed by atoms with E-state index >= 15 is 0 Å². The molecule has 126 valence electrons. The molecule has 4 unspecified atom stereocenters. The minimum Gasteiger partial charge on any atom is -0.497 e. The van der Waals surface area contributed by atoms with Gasteiger partial charge < -0.3 is 19.7 Å². The molecule has 2 N–H and O–H groups in total. The van der Waals surface area contributed by atoms with Crippen molar-refractivity contribution < 1.29 is 24.5 Å².